The Labute approximate surface area is 588 Å². The highest BCUT2D eigenvalue weighted by molar-refractivity contribution is 6.13. The predicted octanol–water partition coefficient (Wildman–Crippen LogP) is 5.00. The molecule has 3 aromatic rings. The van der Waals surface area contributed by atoms with Gasteiger partial charge in [0.05, 0.1) is 168 Å². The molecule has 0 bridgehead atoms. The monoisotopic (exact) mass is 1410 g/mol. The molecule has 0 aromatic heterocycles. The second-order valence-corrected chi connectivity index (χ2v) is 25.0. The Kier molecular flexibility index (Phi) is 29.8. The maximum Gasteiger partial charge on any atom is 0.260 e. The quantitative estimate of drug-likeness (QED) is 0.0367. The van der Waals surface area contributed by atoms with Gasteiger partial charge >= 0.3 is 0 Å². The molecule has 6 aliphatic rings. The summed E-state index contributed by atoms with van der Waals surface area (Å²) < 4.78 is 67.8. The highest BCUT2D eigenvalue weighted by atomic mass is 16.6. The number of methoxy groups -OCH3 is 2. The van der Waals surface area contributed by atoms with Gasteiger partial charge in [-0.05, 0) is 79.0 Å². The molecule has 1 fully saturated rings. The SMILES string of the molecule is COc1cc2c(cc1OCCCOc1cc3c(cc1OC)C(=O)N1C=C(C4CC4)C[C@H]1CN3)N=C[C@@H]1CC(c3ccc(NC(=O)[C@H](C)NC(=O)[C@@H](NC(=O)CCOCCOCCOCCOCCOCCOCCOCCOCCNC(=O)CCN4C(=O)C=CC4=O)C(C)C)cc3)=CN1C2=O. The Bertz CT molecular complexity index is 3450. The minimum atomic E-state index is -0.937. The molecule has 9 rings (SSSR count). The Hall–Kier alpha value is -8.81. The number of carbonyl (C=O) groups excluding carboxylic acids is 8. The highest BCUT2D eigenvalue weighted by Crippen LogP contribution is 2.45. The molecule has 3 aromatic carbocycles. The van der Waals surface area contributed by atoms with Crippen molar-refractivity contribution in [2.75, 3.05) is 163 Å². The van der Waals surface area contributed by atoms with Crippen molar-refractivity contribution in [3.8, 4) is 23.0 Å². The first kappa shape index (κ1) is 76.4. The molecular formula is C72H95N9O20. The van der Waals surface area contributed by atoms with Crippen LogP contribution in [0.4, 0.5) is 17.1 Å². The van der Waals surface area contributed by atoms with Gasteiger partial charge in [-0.15, -0.1) is 0 Å². The summed E-state index contributed by atoms with van der Waals surface area (Å²) in [6.45, 7) is 12.4. The fourth-order valence-electron chi connectivity index (χ4n) is 11.5. The van der Waals surface area contributed by atoms with E-state index in [9.17, 15) is 38.4 Å². The van der Waals surface area contributed by atoms with Crippen LogP contribution in [-0.2, 0) is 66.7 Å². The second-order valence-electron chi connectivity index (χ2n) is 25.0. The molecule has 1 aliphatic carbocycles. The number of hydrogen-bond acceptors (Lipinski definition) is 22. The van der Waals surface area contributed by atoms with E-state index in [1.165, 1.54) is 37.7 Å². The van der Waals surface area contributed by atoms with Gasteiger partial charge in [-0.25, -0.2) is 0 Å². The third-order valence-corrected chi connectivity index (χ3v) is 17.2. The molecule has 29 nitrogen and oxygen atoms in total. The van der Waals surface area contributed by atoms with Gasteiger partial charge in [0.25, 0.3) is 23.6 Å². The number of nitrogens with one attached hydrogen (secondary N) is 5. The topological polar surface area (TPSA) is 330 Å². The lowest BCUT2D eigenvalue weighted by atomic mass is 10.0. The van der Waals surface area contributed by atoms with Gasteiger partial charge in [0.2, 0.25) is 23.6 Å². The molecule has 1 saturated carbocycles. The second kappa shape index (κ2) is 39.4. The zero-order chi connectivity index (χ0) is 71.5. The van der Waals surface area contributed by atoms with Gasteiger partial charge in [-0.2, -0.15) is 0 Å². The summed E-state index contributed by atoms with van der Waals surface area (Å²) in [5, 5.41) is 14.5. The van der Waals surface area contributed by atoms with Crippen LogP contribution in [-0.4, -0.2) is 245 Å². The molecule has 5 aliphatic heterocycles. The van der Waals surface area contributed by atoms with Crippen LogP contribution in [0.5, 0.6) is 23.0 Å². The Morgan fingerprint density at radius 1 is 0.584 bits per heavy atom. The summed E-state index contributed by atoms with van der Waals surface area (Å²) in [5.41, 5.74) is 5.67. The fraction of sp³-hybridized carbons (Fsp3) is 0.542. The number of fused-ring (bicyclic) bond motifs is 4. The lowest BCUT2D eigenvalue weighted by Crippen LogP contribution is -2.53. The van der Waals surface area contributed by atoms with Gasteiger partial charge in [-0.1, -0.05) is 26.0 Å². The molecule has 0 saturated heterocycles. The minimum Gasteiger partial charge on any atom is -0.493 e. The van der Waals surface area contributed by atoms with Gasteiger partial charge in [0.1, 0.15) is 12.1 Å². The van der Waals surface area contributed by atoms with Crippen LogP contribution in [0.2, 0.25) is 0 Å². The van der Waals surface area contributed by atoms with Gasteiger partial charge in [0.15, 0.2) is 23.0 Å². The van der Waals surface area contributed by atoms with Gasteiger partial charge < -0.3 is 93.2 Å². The van der Waals surface area contributed by atoms with E-state index in [0.29, 0.717) is 182 Å². The highest BCUT2D eigenvalue weighted by Gasteiger charge is 2.40. The first-order valence-electron chi connectivity index (χ1n) is 34.6. The van der Waals surface area contributed by atoms with Crippen molar-refractivity contribution in [2.45, 2.75) is 89.9 Å². The molecule has 4 atom stereocenters. The number of hydrogen-bond donors (Lipinski definition) is 5. The maximum absolute atomic E-state index is 14.1. The number of amides is 8. The first-order chi connectivity index (χ1) is 49.1. The first-order valence-corrected chi connectivity index (χ1v) is 34.6. The predicted molar refractivity (Wildman–Crippen MR) is 370 cm³/mol. The summed E-state index contributed by atoms with van der Waals surface area (Å²) >= 11 is 0. The van der Waals surface area contributed by atoms with Crippen molar-refractivity contribution in [1.82, 2.24) is 30.7 Å². The van der Waals surface area contributed by atoms with E-state index >= 15 is 0 Å². The maximum atomic E-state index is 14.1. The number of anilines is 2. The summed E-state index contributed by atoms with van der Waals surface area (Å²) in [6.07, 6.45) is 12.3. The van der Waals surface area contributed by atoms with E-state index < -0.39 is 35.7 Å². The fourth-order valence-corrected chi connectivity index (χ4v) is 11.5. The third kappa shape index (κ3) is 22.8. The molecule has 5 N–H and O–H groups in total. The van der Waals surface area contributed by atoms with Crippen LogP contribution >= 0.6 is 0 Å². The minimum absolute atomic E-state index is 0.0159. The lowest BCUT2D eigenvalue weighted by molar-refractivity contribution is -0.137. The number of ether oxygens (including phenoxy) is 12. The Morgan fingerprint density at radius 2 is 1.14 bits per heavy atom. The van der Waals surface area contributed by atoms with E-state index in [-0.39, 0.29) is 80.8 Å². The molecule has 0 unspecified atom stereocenters. The van der Waals surface area contributed by atoms with Crippen molar-refractivity contribution in [3.63, 3.8) is 0 Å². The average Bonchev–Trinajstić information content (AvgIpc) is 1.65. The molecule has 548 valence electrons. The summed E-state index contributed by atoms with van der Waals surface area (Å²) in [7, 11) is 3.07. The number of nitrogens with zero attached hydrogens (tertiary/aromatic N) is 4. The molecule has 5 heterocycles. The molecule has 8 amide bonds. The largest absolute Gasteiger partial charge is 0.493 e. The zero-order valence-electron chi connectivity index (χ0n) is 58.2. The number of aliphatic imine (C=N–C) groups is 1. The van der Waals surface area contributed by atoms with Crippen LogP contribution in [0.1, 0.15) is 92.0 Å². The van der Waals surface area contributed by atoms with E-state index in [4.69, 9.17) is 61.8 Å². The Balaban J connectivity index is 0.569. The normalized spacial score (nSPS) is 17.3. The van der Waals surface area contributed by atoms with Crippen molar-refractivity contribution < 1.29 is 95.2 Å². The number of carbonyl (C=O) groups is 8. The van der Waals surface area contributed by atoms with E-state index in [1.54, 1.807) is 69.3 Å². The molecular weight excluding hydrogens is 1310 g/mol. The third-order valence-electron chi connectivity index (χ3n) is 17.2. The van der Waals surface area contributed by atoms with Crippen LogP contribution < -0.4 is 45.5 Å². The van der Waals surface area contributed by atoms with Crippen LogP contribution in [0.15, 0.2) is 83.6 Å². The number of imide groups is 1. The summed E-state index contributed by atoms with van der Waals surface area (Å²) in [6, 6.07) is 12.0. The van der Waals surface area contributed by atoms with Gasteiger partial charge in [0, 0.05) is 93.9 Å². The summed E-state index contributed by atoms with van der Waals surface area (Å²) in [4.78, 5) is 112. The smallest absolute Gasteiger partial charge is 0.260 e. The van der Waals surface area contributed by atoms with Crippen molar-refractivity contribution in [2.24, 2.45) is 16.8 Å². The number of benzene rings is 3. The average molecular weight is 1410 g/mol. The zero-order valence-corrected chi connectivity index (χ0v) is 58.2. The van der Waals surface area contributed by atoms with Crippen LogP contribution in [0.3, 0.4) is 0 Å². The van der Waals surface area contributed by atoms with E-state index in [0.717, 1.165) is 22.5 Å². The number of rotatable bonds is 46. The lowest BCUT2D eigenvalue weighted by Gasteiger charge is -2.24. The standard InChI is InChI=1S/C72H95N9O20/c1-47(2)68(78-65(83)16-21-92-23-25-94-27-29-96-31-33-98-35-36-99-34-32-97-30-28-95-26-24-93-22-17-73-64(82)15-18-79-66(84)13-14-67(79)85)70(87)76-48(3)69(86)77-53-11-9-50(10-12-53)52-38-55-44-75-59-42-63(61(91-5)40-57(59)72(89)81(55)46-52)101-20-6-19-100-62-41-58-56(39-60(62)90-4)71(88)80-45-51(49-7-8-49)37-54(80)43-74-58/h9-14,39-42,44-49,54-55,68,74H,6-8,15-38,43H2,1-5H3,(H,73,82)(H,76,87)(H,77,86)(H,78,83)/t48-,54-,55-,68-/m0/s1. The Morgan fingerprint density at radius 3 is 1.71 bits per heavy atom. The molecule has 0 spiro atoms. The van der Waals surface area contributed by atoms with Crippen molar-refractivity contribution in [3.05, 3.63) is 95.3 Å². The molecule has 101 heavy (non-hydrogen) atoms. The molecule has 0 radical (unpaired) electrons. The van der Waals surface area contributed by atoms with E-state index in [1.807, 2.05) is 29.3 Å². The van der Waals surface area contributed by atoms with Gasteiger partial charge in [-0.3, -0.25) is 48.2 Å². The van der Waals surface area contributed by atoms with Crippen LogP contribution in [0.25, 0.3) is 5.57 Å². The van der Waals surface area contributed by atoms with Crippen LogP contribution in [0, 0.1) is 11.8 Å². The van der Waals surface area contributed by atoms with Crippen molar-refractivity contribution >= 4 is 76.1 Å². The van der Waals surface area contributed by atoms with E-state index in [2.05, 4.69) is 32.8 Å². The van der Waals surface area contributed by atoms with Crippen molar-refractivity contribution in [1.29, 1.82) is 0 Å². The molecule has 29 heteroatoms. The summed E-state index contributed by atoms with van der Waals surface area (Å²) in [5.74, 6) is -0.610.